The summed E-state index contributed by atoms with van der Waals surface area (Å²) in [7, 11) is 1.74. The molecule has 0 heterocycles. The molecule has 0 aromatic heterocycles. The lowest BCUT2D eigenvalue weighted by Crippen LogP contribution is -2.40. The highest BCUT2D eigenvalue weighted by molar-refractivity contribution is 5.85. The minimum Gasteiger partial charge on any atom is -0.504 e. The quantitative estimate of drug-likeness (QED) is 0.182. The van der Waals surface area contributed by atoms with Gasteiger partial charge in [0.25, 0.3) is 0 Å². The summed E-state index contributed by atoms with van der Waals surface area (Å²) in [6.45, 7) is 6.70. The molecule has 0 bridgehead atoms. The van der Waals surface area contributed by atoms with E-state index in [4.69, 9.17) is 4.74 Å². The average molecular weight is 542 g/mol. The second-order valence-corrected chi connectivity index (χ2v) is 9.58. The highest BCUT2D eigenvalue weighted by Gasteiger charge is 2.26. The third-order valence-electron chi connectivity index (χ3n) is 7.11. The van der Waals surface area contributed by atoms with Crippen molar-refractivity contribution in [1.82, 2.24) is 10.2 Å². The van der Waals surface area contributed by atoms with Crippen LogP contribution >= 0.6 is 24.8 Å². The molecule has 0 fully saturated rings. The molecule has 1 aliphatic rings. The van der Waals surface area contributed by atoms with Crippen molar-refractivity contribution in [2.75, 3.05) is 33.3 Å². The second kappa shape index (κ2) is 17.7. The van der Waals surface area contributed by atoms with Gasteiger partial charge in [-0.3, -0.25) is 0 Å². The number of phenolic OH excluding ortho intramolecular Hbond substituents is 2. The van der Waals surface area contributed by atoms with E-state index in [0.717, 1.165) is 69.6 Å². The van der Waals surface area contributed by atoms with Crippen LogP contribution in [0.15, 0.2) is 36.4 Å². The maximum absolute atomic E-state index is 10.2. The lowest BCUT2D eigenvalue weighted by molar-refractivity contribution is 0.175. The first-order valence-corrected chi connectivity index (χ1v) is 13.2. The van der Waals surface area contributed by atoms with Gasteiger partial charge in [0, 0.05) is 11.6 Å². The van der Waals surface area contributed by atoms with E-state index in [-0.39, 0.29) is 36.3 Å². The van der Waals surface area contributed by atoms with Crippen molar-refractivity contribution in [3.8, 4) is 17.2 Å². The Bertz CT molecular complexity index is 882. The maximum Gasteiger partial charge on any atom is 0.160 e. The molecule has 1 atom stereocenters. The summed E-state index contributed by atoms with van der Waals surface area (Å²) in [6.07, 6.45) is 11.3. The third kappa shape index (κ3) is 9.66. The van der Waals surface area contributed by atoms with Crippen molar-refractivity contribution in [1.29, 1.82) is 0 Å². The van der Waals surface area contributed by atoms with Crippen LogP contribution in [-0.4, -0.2) is 54.4 Å². The summed E-state index contributed by atoms with van der Waals surface area (Å²) < 4.78 is 5.43. The molecule has 36 heavy (non-hydrogen) atoms. The number of methoxy groups -OCH3 is 1. The molecule has 0 spiro atoms. The number of nitrogens with zero attached hydrogens (tertiary/aromatic N) is 1. The molecule has 3 rings (SSSR count). The van der Waals surface area contributed by atoms with E-state index in [0.29, 0.717) is 6.04 Å². The first-order valence-electron chi connectivity index (χ1n) is 13.2. The Hall–Kier alpha value is -1.66. The zero-order valence-corrected chi connectivity index (χ0v) is 23.6. The molecule has 1 aliphatic carbocycles. The van der Waals surface area contributed by atoms with Crippen molar-refractivity contribution < 1.29 is 14.9 Å². The number of halogens is 2. The fraction of sp³-hybridized carbons (Fsp3) is 0.586. The molecule has 204 valence electrons. The van der Waals surface area contributed by atoms with E-state index >= 15 is 0 Å². The minimum absolute atomic E-state index is 0. The zero-order chi connectivity index (χ0) is 24.2. The van der Waals surface area contributed by atoms with Gasteiger partial charge in [-0.05, 0) is 101 Å². The van der Waals surface area contributed by atoms with Crippen molar-refractivity contribution in [2.45, 2.75) is 77.2 Å². The fourth-order valence-electron chi connectivity index (χ4n) is 5.24. The van der Waals surface area contributed by atoms with Crippen molar-refractivity contribution in [2.24, 2.45) is 0 Å². The van der Waals surface area contributed by atoms with Crippen LogP contribution in [0.2, 0.25) is 0 Å². The van der Waals surface area contributed by atoms with E-state index in [2.05, 4.69) is 29.3 Å². The van der Waals surface area contributed by atoms with Gasteiger partial charge in [-0.25, -0.2) is 0 Å². The first-order chi connectivity index (χ1) is 16.6. The van der Waals surface area contributed by atoms with Crippen LogP contribution < -0.4 is 10.1 Å². The summed E-state index contributed by atoms with van der Waals surface area (Å²) in [5, 5.41) is 23.5. The summed E-state index contributed by atoms with van der Waals surface area (Å²) >= 11 is 0. The monoisotopic (exact) mass is 540 g/mol. The van der Waals surface area contributed by atoms with Gasteiger partial charge >= 0.3 is 0 Å². The minimum atomic E-state index is 0. The normalized spacial score (nSPS) is 14.6. The number of benzene rings is 2. The van der Waals surface area contributed by atoms with Crippen LogP contribution in [-0.2, 0) is 19.3 Å². The number of aromatic hydroxyl groups is 2. The van der Waals surface area contributed by atoms with Crippen molar-refractivity contribution in [3.05, 3.63) is 53.1 Å². The molecule has 1 unspecified atom stereocenters. The number of unbranched alkanes of at least 4 members (excludes halogenated alkanes) is 3. The van der Waals surface area contributed by atoms with E-state index < -0.39 is 0 Å². The van der Waals surface area contributed by atoms with Crippen LogP contribution in [0, 0.1) is 0 Å². The maximum atomic E-state index is 10.2. The predicted molar refractivity (Wildman–Crippen MR) is 155 cm³/mol. The number of hydrogen-bond donors (Lipinski definition) is 3. The Morgan fingerprint density at radius 2 is 1.69 bits per heavy atom. The largest absolute Gasteiger partial charge is 0.504 e. The molecule has 2 aromatic carbocycles. The lowest BCUT2D eigenvalue weighted by Gasteiger charge is -2.35. The Morgan fingerprint density at radius 1 is 0.944 bits per heavy atom. The molecular weight excluding hydrogens is 495 g/mol. The molecule has 2 aromatic rings. The highest BCUT2D eigenvalue weighted by Crippen LogP contribution is 2.36. The van der Waals surface area contributed by atoms with Crippen molar-refractivity contribution >= 4 is 24.8 Å². The topological polar surface area (TPSA) is 65.0 Å². The molecular formula is C29H46Cl2N2O3. The van der Waals surface area contributed by atoms with Gasteiger partial charge < -0.3 is 25.2 Å². The first kappa shape index (κ1) is 32.4. The van der Waals surface area contributed by atoms with Gasteiger partial charge in [-0.15, -0.1) is 24.8 Å². The zero-order valence-electron chi connectivity index (χ0n) is 22.0. The molecule has 7 heteroatoms. The Kier molecular flexibility index (Phi) is 15.9. The summed E-state index contributed by atoms with van der Waals surface area (Å²) in [4.78, 5) is 2.66. The molecule has 0 aliphatic heterocycles. The van der Waals surface area contributed by atoms with Crippen LogP contribution in [0.4, 0.5) is 0 Å². The van der Waals surface area contributed by atoms with E-state index in [9.17, 15) is 10.2 Å². The fourth-order valence-corrected chi connectivity index (χ4v) is 5.24. The number of nitrogens with one attached hydrogen (secondary N) is 1. The van der Waals surface area contributed by atoms with Crippen LogP contribution in [0.5, 0.6) is 17.2 Å². The number of ether oxygens (including phenoxy) is 1. The third-order valence-corrected chi connectivity index (χ3v) is 7.11. The number of phenols is 2. The summed E-state index contributed by atoms with van der Waals surface area (Å²) in [5.74, 6) is 1.09. The Balaban J connectivity index is 0.00000324. The van der Waals surface area contributed by atoms with Gasteiger partial charge in [-0.1, -0.05) is 44.0 Å². The number of rotatable bonds is 15. The van der Waals surface area contributed by atoms with Crippen molar-refractivity contribution in [3.63, 3.8) is 0 Å². The molecule has 0 saturated carbocycles. The van der Waals surface area contributed by atoms with E-state index in [1.807, 2.05) is 18.2 Å². The molecule has 3 N–H and O–H groups in total. The summed E-state index contributed by atoms with van der Waals surface area (Å²) in [6, 6.07) is 12.5. The van der Waals surface area contributed by atoms with Crippen LogP contribution in [0.1, 0.15) is 68.6 Å². The Labute approximate surface area is 230 Å². The number of hydrogen-bond acceptors (Lipinski definition) is 5. The van der Waals surface area contributed by atoms with Gasteiger partial charge in [0.2, 0.25) is 0 Å². The standard InChI is InChI=1S/C29H44N2O3.2ClH/c1-3-20-31(25-15-16-26-24(22-25)14-17-27(32)29(26)33)21-9-5-4-8-18-30-19-10-12-23-11-6-7-13-28(23)34-2;;/h6-7,11,13-14,17,25,30,32-33H,3-5,8-10,12,15-16,18-22H2,1-2H3;2*1H. The average Bonchev–Trinajstić information content (AvgIpc) is 2.86. The van der Waals surface area contributed by atoms with Gasteiger partial charge in [0.05, 0.1) is 7.11 Å². The molecule has 0 saturated heterocycles. The molecule has 0 radical (unpaired) electrons. The molecule has 5 nitrogen and oxygen atoms in total. The van der Waals surface area contributed by atoms with E-state index in [1.54, 1.807) is 13.2 Å². The SMILES string of the molecule is CCCN(CCCCCCNCCCc1ccccc1OC)C1CCc2c(ccc(O)c2O)C1.Cl.Cl. The number of para-hydroxylation sites is 1. The van der Waals surface area contributed by atoms with Crippen LogP contribution in [0.3, 0.4) is 0 Å². The Morgan fingerprint density at radius 3 is 2.47 bits per heavy atom. The smallest absolute Gasteiger partial charge is 0.160 e. The molecule has 0 amide bonds. The van der Waals surface area contributed by atoms with Crippen LogP contribution in [0.25, 0.3) is 0 Å². The number of fused-ring (bicyclic) bond motifs is 1. The predicted octanol–water partition coefficient (Wildman–Crippen LogP) is 6.30. The highest BCUT2D eigenvalue weighted by atomic mass is 35.5. The number of aryl methyl sites for hydroxylation is 1. The van der Waals surface area contributed by atoms with Gasteiger partial charge in [-0.2, -0.15) is 0 Å². The second-order valence-electron chi connectivity index (χ2n) is 9.58. The lowest BCUT2D eigenvalue weighted by atomic mass is 9.86. The van der Waals surface area contributed by atoms with Gasteiger partial charge in [0.1, 0.15) is 5.75 Å². The van der Waals surface area contributed by atoms with E-state index in [1.165, 1.54) is 43.2 Å². The van der Waals surface area contributed by atoms with Gasteiger partial charge in [0.15, 0.2) is 11.5 Å². The summed E-state index contributed by atoms with van der Waals surface area (Å²) in [5.41, 5.74) is 3.44.